The molecule has 0 saturated carbocycles. The van der Waals surface area contributed by atoms with Gasteiger partial charge in [-0.3, -0.25) is 4.79 Å². The first-order valence-corrected chi connectivity index (χ1v) is 6.18. The molecule has 19 heavy (non-hydrogen) atoms. The number of rotatable bonds is 6. The molecule has 2 N–H and O–H groups in total. The molecule has 1 aromatic rings. The van der Waals surface area contributed by atoms with Gasteiger partial charge >= 0.3 is 5.97 Å². The number of carboxylic acid groups (broad SMARTS) is 1. The van der Waals surface area contributed by atoms with Crippen LogP contribution in [0.5, 0.6) is 0 Å². The van der Waals surface area contributed by atoms with Gasteiger partial charge in [-0.15, -0.1) is 0 Å². The highest BCUT2D eigenvalue weighted by Gasteiger charge is 2.25. The Morgan fingerprint density at radius 1 is 1.37 bits per heavy atom. The molecule has 0 aliphatic carbocycles. The van der Waals surface area contributed by atoms with Crippen LogP contribution in [0.3, 0.4) is 0 Å². The van der Waals surface area contributed by atoms with E-state index in [9.17, 15) is 14.7 Å². The van der Waals surface area contributed by atoms with E-state index in [2.05, 4.69) is 5.32 Å². The van der Waals surface area contributed by atoms with Crippen LogP contribution in [0.2, 0.25) is 5.02 Å². The van der Waals surface area contributed by atoms with Gasteiger partial charge in [0.2, 0.25) is 5.91 Å². The van der Waals surface area contributed by atoms with Gasteiger partial charge in [0.25, 0.3) is 0 Å². The number of benzene rings is 1. The summed E-state index contributed by atoms with van der Waals surface area (Å²) in [6, 6.07) is 5.16. The summed E-state index contributed by atoms with van der Waals surface area (Å²) in [5.74, 6) is -1.59. The summed E-state index contributed by atoms with van der Waals surface area (Å²) in [5, 5.41) is 12.1. The highest BCUT2D eigenvalue weighted by Crippen LogP contribution is 2.17. The van der Waals surface area contributed by atoms with Crippen LogP contribution in [0.1, 0.15) is 24.9 Å². The van der Waals surface area contributed by atoms with E-state index < -0.39 is 24.0 Å². The zero-order valence-corrected chi connectivity index (χ0v) is 11.5. The molecule has 6 heteroatoms. The van der Waals surface area contributed by atoms with Gasteiger partial charge in [-0.25, -0.2) is 4.79 Å². The van der Waals surface area contributed by atoms with E-state index in [1.54, 1.807) is 31.2 Å². The lowest BCUT2D eigenvalue weighted by Gasteiger charge is -2.18. The van der Waals surface area contributed by atoms with Gasteiger partial charge in [0.1, 0.15) is 6.10 Å². The lowest BCUT2D eigenvalue weighted by atomic mass is 10.1. The minimum absolute atomic E-state index is 0.452. The Labute approximate surface area is 116 Å². The van der Waals surface area contributed by atoms with Crippen LogP contribution < -0.4 is 5.32 Å². The van der Waals surface area contributed by atoms with Gasteiger partial charge in [-0.2, -0.15) is 0 Å². The summed E-state index contributed by atoms with van der Waals surface area (Å²) in [7, 11) is 1.41. The number of ether oxygens (including phenoxy) is 1. The van der Waals surface area contributed by atoms with Gasteiger partial charge in [-0.05, 0) is 24.1 Å². The Hall–Kier alpha value is -1.59. The van der Waals surface area contributed by atoms with E-state index in [4.69, 9.17) is 16.3 Å². The molecule has 0 bridgehead atoms. The van der Waals surface area contributed by atoms with Gasteiger partial charge in [0.05, 0.1) is 0 Å². The summed E-state index contributed by atoms with van der Waals surface area (Å²) in [5.41, 5.74) is 0.455. The molecule has 0 spiro atoms. The second-order valence-electron chi connectivity index (χ2n) is 3.96. The number of aliphatic carboxylic acids is 1. The molecule has 0 fully saturated rings. The molecule has 0 aliphatic rings. The van der Waals surface area contributed by atoms with Crippen molar-refractivity contribution in [2.45, 2.75) is 25.5 Å². The van der Waals surface area contributed by atoms with Crippen LogP contribution in [0.15, 0.2) is 24.3 Å². The fraction of sp³-hybridized carbons (Fsp3) is 0.385. The van der Waals surface area contributed by atoms with Gasteiger partial charge in [0, 0.05) is 12.1 Å². The number of nitrogens with one attached hydrogen (secondary N) is 1. The molecule has 1 rings (SSSR count). The molecule has 1 aromatic carbocycles. The lowest BCUT2D eigenvalue weighted by Crippen LogP contribution is -2.40. The van der Waals surface area contributed by atoms with Crippen molar-refractivity contribution < 1.29 is 19.4 Å². The predicted molar refractivity (Wildman–Crippen MR) is 71.1 cm³/mol. The highest BCUT2D eigenvalue weighted by molar-refractivity contribution is 6.30. The van der Waals surface area contributed by atoms with Crippen LogP contribution in [0.25, 0.3) is 0 Å². The molecule has 0 radical (unpaired) electrons. The maximum Gasteiger partial charge on any atom is 0.330 e. The quantitative estimate of drug-likeness (QED) is 0.838. The number of carbonyl (C=O) groups is 2. The Kier molecular flexibility index (Phi) is 5.79. The number of methoxy groups -OCH3 is 1. The van der Waals surface area contributed by atoms with E-state index in [1.165, 1.54) is 7.11 Å². The average molecular weight is 286 g/mol. The van der Waals surface area contributed by atoms with Crippen LogP contribution >= 0.6 is 11.6 Å². The average Bonchev–Trinajstić information content (AvgIpc) is 2.38. The second kappa shape index (κ2) is 7.11. The van der Waals surface area contributed by atoms with E-state index in [0.29, 0.717) is 17.0 Å². The van der Waals surface area contributed by atoms with Crippen LogP contribution in [0.4, 0.5) is 0 Å². The van der Waals surface area contributed by atoms with E-state index >= 15 is 0 Å². The Morgan fingerprint density at radius 2 is 1.95 bits per heavy atom. The van der Waals surface area contributed by atoms with Crippen molar-refractivity contribution in [2.75, 3.05) is 7.11 Å². The molecule has 104 valence electrons. The monoisotopic (exact) mass is 285 g/mol. The van der Waals surface area contributed by atoms with Crippen LogP contribution in [-0.4, -0.2) is 30.2 Å². The van der Waals surface area contributed by atoms with Crippen LogP contribution in [0, 0.1) is 0 Å². The first kappa shape index (κ1) is 15.5. The maximum absolute atomic E-state index is 11.8. The topological polar surface area (TPSA) is 75.6 Å². The minimum atomic E-state index is -1.14. The molecular formula is C13H16ClNO4. The fourth-order valence-corrected chi connectivity index (χ4v) is 1.76. The zero-order chi connectivity index (χ0) is 14.4. The van der Waals surface area contributed by atoms with Crippen molar-refractivity contribution >= 4 is 23.5 Å². The van der Waals surface area contributed by atoms with Crippen molar-refractivity contribution in [3.05, 3.63) is 34.9 Å². The Balaban J connectivity index is 2.87. The molecule has 1 amide bonds. The third-order valence-corrected chi connectivity index (χ3v) is 2.94. The summed E-state index contributed by atoms with van der Waals surface area (Å²) in [4.78, 5) is 23.1. The predicted octanol–water partition coefficient (Wildman–Crippen LogP) is 2.01. The summed E-state index contributed by atoms with van der Waals surface area (Å²) >= 11 is 5.74. The van der Waals surface area contributed by atoms with Gasteiger partial charge < -0.3 is 15.2 Å². The first-order valence-electron chi connectivity index (χ1n) is 5.81. The SMILES string of the molecule is CCC(OC)C(=O)NC(C(=O)O)c1ccc(Cl)cc1. The van der Waals surface area contributed by atoms with Crippen LogP contribution in [-0.2, 0) is 14.3 Å². The molecule has 0 saturated heterocycles. The molecular weight excluding hydrogens is 270 g/mol. The number of hydrogen-bond acceptors (Lipinski definition) is 3. The summed E-state index contributed by atoms with van der Waals surface area (Å²) in [6.07, 6.45) is -0.191. The highest BCUT2D eigenvalue weighted by atomic mass is 35.5. The normalized spacial score (nSPS) is 13.6. The molecule has 0 aromatic heterocycles. The number of halogens is 1. The molecule has 0 aliphatic heterocycles. The lowest BCUT2D eigenvalue weighted by molar-refractivity contribution is -0.144. The molecule has 2 atom stereocenters. The maximum atomic E-state index is 11.8. The van der Waals surface area contributed by atoms with E-state index in [1.807, 2.05) is 0 Å². The van der Waals surface area contributed by atoms with Crippen molar-refractivity contribution in [3.8, 4) is 0 Å². The number of amides is 1. The van der Waals surface area contributed by atoms with Crippen molar-refractivity contribution in [3.63, 3.8) is 0 Å². The Morgan fingerprint density at radius 3 is 2.37 bits per heavy atom. The molecule has 0 heterocycles. The smallest absolute Gasteiger partial charge is 0.330 e. The Bertz CT molecular complexity index is 442. The minimum Gasteiger partial charge on any atom is -0.479 e. The standard InChI is InChI=1S/C13H16ClNO4/c1-3-10(19-2)12(16)15-11(13(17)18)8-4-6-9(14)7-5-8/h4-7,10-11H,3H2,1-2H3,(H,15,16)(H,17,18). The van der Waals surface area contributed by atoms with Crippen molar-refractivity contribution in [2.24, 2.45) is 0 Å². The largest absolute Gasteiger partial charge is 0.479 e. The first-order chi connectivity index (χ1) is 8.99. The number of carbonyl (C=O) groups excluding carboxylic acids is 1. The number of carboxylic acids is 1. The fourth-order valence-electron chi connectivity index (χ4n) is 1.64. The van der Waals surface area contributed by atoms with E-state index in [0.717, 1.165) is 0 Å². The zero-order valence-electron chi connectivity index (χ0n) is 10.7. The number of hydrogen-bond donors (Lipinski definition) is 2. The summed E-state index contributed by atoms with van der Waals surface area (Å²) in [6.45, 7) is 1.78. The summed E-state index contributed by atoms with van der Waals surface area (Å²) < 4.78 is 4.97. The molecule has 5 nitrogen and oxygen atoms in total. The molecule has 2 unspecified atom stereocenters. The van der Waals surface area contributed by atoms with E-state index in [-0.39, 0.29) is 0 Å². The third kappa shape index (κ3) is 4.22. The van der Waals surface area contributed by atoms with Gasteiger partial charge in [-0.1, -0.05) is 30.7 Å². The second-order valence-corrected chi connectivity index (χ2v) is 4.40. The van der Waals surface area contributed by atoms with Gasteiger partial charge in [0.15, 0.2) is 6.04 Å². The third-order valence-electron chi connectivity index (χ3n) is 2.68. The van der Waals surface area contributed by atoms with Crippen molar-refractivity contribution in [1.82, 2.24) is 5.32 Å². The van der Waals surface area contributed by atoms with Crippen molar-refractivity contribution in [1.29, 1.82) is 0 Å².